The molecular formula is C23H19BrClNO2S. The first-order valence-corrected chi connectivity index (χ1v) is 11.1. The number of ketones is 1. The van der Waals surface area contributed by atoms with Gasteiger partial charge in [0.15, 0.2) is 5.78 Å². The summed E-state index contributed by atoms with van der Waals surface area (Å²) in [4.78, 5) is 26.9. The summed E-state index contributed by atoms with van der Waals surface area (Å²) in [5.41, 5.74) is 1.71. The summed E-state index contributed by atoms with van der Waals surface area (Å²) >= 11 is 11.3. The van der Waals surface area contributed by atoms with Gasteiger partial charge in [-0.05, 0) is 54.6 Å². The van der Waals surface area contributed by atoms with Crippen LogP contribution in [0.5, 0.6) is 0 Å². The molecule has 0 spiro atoms. The number of halogens is 2. The topological polar surface area (TPSA) is 46.2 Å². The molecule has 0 unspecified atom stereocenters. The third-order valence-electron chi connectivity index (χ3n) is 4.08. The Labute approximate surface area is 188 Å². The van der Waals surface area contributed by atoms with E-state index in [1.807, 2.05) is 12.1 Å². The maximum atomic E-state index is 13.0. The Hall–Kier alpha value is -2.08. The number of carbonyl (C=O) groups excluding carboxylic acids is 2. The first-order valence-electron chi connectivity index (χ1n) is 9.02. The lowest BCUT2D eigenvalue weighted by molar-refractivity contribution is 0.102. The van der Waals surface area contributed by atoms with Gasteiger partial charge in [-0.1, -0.05) is 53.5 Å². The lowest BCUT2D eigenvalue weighted by Gasteiger charge is -2.12. The van der Waals surface area contributed by atoms with E-state index in [-0.39, 0.29) is 11.7 Å². The van der Waals surface area contributed by atoms with E-state index in [2.05, 4.69) is 35.1 Å². The van der Waals surface area contributed by atoms with Crippen LogP contribution in [0.1, 0.15) is 40.1 Å². The molecule has 3 aromatic carbocycles. The second-order valence-corrected chi connectivity index (χ2v) is 9.62. The first kappa shape index (κ1) is 21.6. The van der Waals surface area contributed by atoms with Crippen LogP contribution in [0.15, 0.2) is 76.1 Å². The van der Waals surface area contributed by atoms with E-state index in [9.17, 15) is 9.59 Å². The van der Waals surface area contributed by atoms with Crippen molar-refractivity contribution in [2.45, 2.75) is 24.0 Å². The fraction of sp³-hybridized carbons (Fsp3) is 0.130. The summed E-state index contributed by atoms with van der Waals surface area (Å²) in [5.74, 6) is -0.530. The summed E-state index contributed by atoms with van der Waals surface area (Å²) in [6, 6.07) is 19.5. The predicted molar refractivity (Wildman–Crippen MR) is 124 cm³/mol. The molecule has 148 valence electrons. The van der Waals surface area contributed by atoms with Crippen LogP contribution in [0.2, 0.25) is 5.02 Å². The molecule has 0 fully saturated rings. The number of carbonyl (C=O) groups is 2. The summed E-state index contributed by atoms with van der Waals surface area (Å²) in [6.07, 6.45) is 0. The minimum Gasteiger partial charge on any atom is -0.321 e. The van der Waals surface area contributed by atoms with Crippen molar-refractivity contribution < 1.29 is 9.59 Å². The molecule has 0 aliphatic carbocycles. The van der Waals surface area contributed by atoms with Gasteiger partial charge in [0.05, 0.1) is 10.7 Å². The van der Waals surface area contributed by atoms with Crippen LogP contribution in [-0.4, -0.2) is 16.9 Å². The van der Waals surface area contributed by atoms with Crippen LogP contribution in [-0.2, 0) is 0 Å². The smallest absolute Gasteiger partial charge is 0.255 e. The Bertz CT molecular complexity index is 1050. The molecular weight excluding hydrogens is 470 g/mol. The minimum absolute atomic E-state index is 0.254. The number of hydrogen-bond acceptors (Lipinski definition) is 3. The van der Waals surface area contributed by atoms with E-state index in [1.54, 1.807) is 66.4 Å². The maximum absolute atomic E-state index is 13.0. The lowest BCUT2D eigenvalue weighted by atomic mass is 10.0. The van der Waals surface area contributed by atoms with Gasteiger partial charge in [0.2, 0.25) is 0 Å². The predicted octanol–water partition coefficient (Wildman–Crippen LogP) is 7.09. The van der Waals surface area contributed by atoms with Gasteiger partial charge in [0, 0.05) is 31.3 Å². The van der Waals surface area contributed by atoms with Crippen LogP contribution < -0.4 is 5.32 Å². The molecule has 0 atom stereocenters. The molecule has 0 heterocycles. The van der Waals surface area contributed by atoms with Crippen molar-refractivity contribution in [3.8, 4) is 0 Å². The second kappa shape index (κ2) is 9.61. The zero-order chi connectivity index (χ0) is 21.0. The van der Waals surface area contributed by atoms with Crippen molar-refractivity contribution in [2.75, 3.05) is 5.32 Å². The van der Waals surface area contributed by atoms with Crippen molar-refractivity contribution >= 4 is 56.7 Å². The molecule has 0 aliphatic rings. The standard InChI is InChI=1S/C23H19BrClNO2S/c1-14(2)29-17-10-7-15(8-11-17)23(28)26-21-12-9-16(24)13-19(21)22(27)18-5-3-4-6-20(18)25/h3-14H,1-2H3,(H,26,28). The Morgan fingerprint density at radius 2 is 1.66 bits per heavy atom. The average molecular weight is 489 g/mol. The zero-order valence-corrected chi connectivity index (χ0v) is 19.1. The fourth-order valence-corrected chi connectivity index (χ4v) is 4.18. The monoisotopic (exact) mass is 487 g/mol. The first-order chi connectivity index (χ1) is 13.8. The van der Waals surface area contributed by atoms with Gasteiger partial charge in [-0.15, -0.1) is 11.8 Å². The maximum Gasteiger partial charge on any atom is 0.255 e. The lowest BCUT2D eigenvalue weighted by Crippen LogP contribution is -2.15. The summed E-state index contributed by atoms with van der Waals surface area (Å²) in [7, 11) is 0. The van der Waals surface area contributed by atoms with E-state index in [0.29, 0.717) is 32.7 Å². The molecule has 0 saturated heterocycles. The van der Waals surface area contributed by atoms with Gasteiger partial charge in [0.25, 0.3) is 5.91 Å². The van der Waals surface area contributed by atoms with Crippen molar-refractivity contribution in [2.24, 2.45) is 0 Å². The van der Waals surface area contributed by atoms with Crippen LogP contribution in [0.25, 0.3) is 0 Å². The van der Waals surface area contributed by atoms with Gasteiger partial charge < -0.3 is 5.32 Å². The molecule has 0 radical (unpaired) electrons. The van der Waals surface area contributed by atoms with Crippen molar-refractivity contribution in [1.82, 2.24) is 0 Å². The third-order valence-corrected chi connectivity index (χ3v) is 5.92. The molecule has 3 aromatic rings. The van der Waals surface area contributed by atoms with Gasteiger partial charge in [-0.25, -0.2) is 0 Å². The SMILES string of the molecule is CC(C)Sc1ccc(C(=O)Nc2ccc(Br)cc2C(=O)c2ccccc2Cl)cc1. The molecule has 6 heteroatoms. The van der Waals surface area contributed by atoms with Gasteiger partial charge in [-0.2, -0.15) is 0 Å². The van der Waals surface area contributed by atoms with Crippen LogP contribution >= 0.6 is 39.3 Å². The van der Waals surface area contributed by atoms with E-state index >= 15 is 0 Å². The van der Waals surface area contributed by atoms with Gasteiger partial charge >= 0.3 is 0 Å². The van der Waals surface area contributed by atoms with Crippen LogP contribution in [0.3, 0.4) is 0 Å². The molecule has 0 aromatic heterocycles. The number of rotatable bonds is 6. The number of nitrogens with one attached hydrogen (secondary N) is 1. The van der Waals surface area contributed by atoms with Crippen molar-refractivity contribution in [1.29, 1.82) is 0 Å². The Balaban J connectivity index is 1.87. The number of amides is 1. The van der Waals surface area contributed by atoms with Gasteiger partial charge in [0.1, 0.15) is 0 Å². The Morgan fingerprint density at radius 1 is 0.966 bits per heavy atom. The number of anilines is 1. The third kappa shape index (κ3) is 5.50. The minimum atomic E-state index is -0.276. The summed E-state index contributed by atoms with van der Waals surface area (Å²) < 4.78 is 0.737. The molecule has 29 heavy (non-hydrogen) atoms. The number of hydrogen-bond donors (Lipinski definition) is 1. The normalized spacial score (nSPS) is 10.8. The van der Waals surface area contributed by atoms with Gasteiger partial charge in [-0.3, -0.25) is 9.59 Å². The molecule has 3 rings (SSSR count). The highest BCUT2D eigenvalue weighted by Crippen LogP contribution is 2.28. The highest BCUT2D eigenvalue weighted by molar-refractivity contribution is 9.10. The highest BCUT2D eigenvalue weighted by Gasteiger charge is 2.18. The average Bonchev–Trinajstić information content (AvgIpc) is 2.69. The molecule has 1 amide bonds. The number of benzene rings is 3. The van der Waals surface area contributed by atoms with Crippen molar-refractivity contribution in [3.05, 3.63) is 92.9 Å². The van der Waals surface area contributed by atoms with Crippen LogP contribution in [0, 0.1) is 0 Å². The summed E-state index contributed by atoms with van der Waals surface area (Å²) in [6.45, 7) is 4.24. The summed E-state index contributed by atoms with van der Waals surface area (Å²) in [5, 5.41) is 3.69. The van der Waals surface area contributed by atoms with E-state index in [0.717, 1.165) is 9.37 Å². The number of thioether (sulfide) groups is 1. The zero-order valence-electron chi connectivity index (χ0n) is 15.9. The second-order valence-electron chi connectivity index (χ2n) is 6.64. The van der Waals surface area contributed by atoms with Crippen LogP contribution in [0.4, 0.5) is 5.69 Å². The largest absolute Gasteiger partial charge is 0.321 e. The Kier molecular flexibility index (Phi) is 7.17. The molecule has 3 nitrogen and oxygen atoms in total. The molecule has 1 N–H and O–H groups in total. The quantitative estimate of drug-likeness (QED) is 0.298. The Morgan fingerprint density at radius 3 is 2.31 bits per heavy atom. The molecule has 0 aliphatic heterocycles. The highest BCUT2D eigenvalue weighted by atomic mass is 79.9. The molecule has 0 saturated carbocycles. The van der Waals surface area contributed by atoms with E-state index < -0.39 is 0 Å². The van der Waals surface area contributed by atoms with Crippen molar-refractivity contribution in [3.63, 3.8) is 0 Å². The fourth-order valence-electron chi connectivity index (χ4n) is 2.76. The van der Waals surface area contributed by atoms with E-state index in [1.165, 1.54) is 0 Å². The van der Waals surface area contributed by atoms with E-state index in [4.69, 9.17) is 11.6 Å². The molecule has 0 bridgehead atoms.